The first-order valence-electron chi connectivity index (χ1n) is 5.56. The lowest BCUT2D eigenvalue weighted by atomic mass is 10.1. The van der Waals surface area contributed by atoms with Crippen LogP contribution in [0.25, 0.3) is 16.0 Å². The normalized spacial score (nSPS) is 10.8. The summed E-state index contributed by atoms with van der Waals surface area (Å²) in [5, 5.41) is 0.954. The number of fused-ring (bicyclic) bond motifs is 1. The van der Waals surface area contributed by atoms with Crippen molar-refractivity contribution in [3.8, 4) is 10.4 Å². The van der Waals surface area contributed by atoms with Crippen LogP contribution in [0, 0.1) is 0 Å². The molecule has 0 radical (unpaired) electrons. The van der Waals surface area contributed by atoms with Crippen LogP contribution in [0.4, 0.5) is 0 Å². The number of Topliss-reactive ketones (excluding diaryl/α,β-unsaturated/α-hetero) is 1. The van der Waals surface area contributed by atoms with Crippen LogP contribution in [0.2, 0.25) is 0 Å². The van der Waals surface area contributed by atoms with Crippen molar-refractivity contribution in [1.82, 2.24) is 4.40 Å². The first kappa shape index (κ1) is 12.1. The number of hydrogen-bond acceptors (Lipinski definition) is 3. The highest BCUT2D eigenvalue weighted by Gasteiger charge is 2.23. The van der Waals surface area contributed by atoms with Crippen molar-refractivity contribution in [1.29, 1.82) is 0 Å². The Kier molecular flexibility index (Phi) is 2.97. The molecule has 3 aromatic heterocycles. The zero-order valence-corrected chi connectivity index (χ0v) is 11.2. The summed E-state index contributed by atoms with van der Waals surface area (Å²) in [4.78, 5) is 24.2. The lowest BCUT2D eigenvalue weighted by Gasteiger charge is -2.01. The molecule has 0 bridgehead atoms. The number of carbonyl (C=O) groups excluding carboxylic acids is 2. The summed E-state index contributed by atoms with van der Waals surface area (Å²) in [5.74, 6) is -0.684. The van der Waals surface area contributed by atoms with Gasteiger partial charge in [0.25, 0.3) is 11.0 Å². The Morgan fingerprint density at radius 2 is 2.00 bits per heavy atom. The second kappa shape index (κ2) is 4.64. The van der Waals surface area contributed by atoms with E-state index in [2.05, 4.69) is 0 Å². The zero-order valence-electron chi connectivity index (χ0n) is 9.67. The lowest BCUT2D eigenvalue weighted by molar-refractivity contribution is -0.108. The topological polar surface area (TPSA) is 38.5 Å². The van der Waals surface area contributed by atoms with E-state index in [1.807, 2.05) is 35.7 Å². The fourth-order valence-electron chi connectivity index (χ4n) is 2.07. The molecule has 0 aliphatic rings. The first-order chi connectivity index (χ1) is 9.18. The Morgan fingerprint density at radius 3 is 2.68 bits per heavy atom. The van der Waals surface area contributed by atoms with Crippen LogP contribution >= 0.6 is 22.9 Å². The average Bonchev–Trinajstić information content (AvgIpc) is 3.04. The van der Waals surface area contributed by atoms with E-state index in [0.717, 1.165) is 16.0 Å². The number of rotatable bonds is 3. The van der Waals surface area contributed by atoms with Crippen LogP contribution in [0.15, 0.2) is 48.0 Å². The smallest absolute Gasteiger partial charge is 0.294 e. The van der Waals surface area contributed by atoms with E-state index >= 15 is 0 Å². The van der Waals surface area contributed by atoms with Crippen LogP contribution in [0.5, 0.6) is 0 Å². The standard InChI is InChI=1S/C14H8ClNO2S/c15-14(18)13(17)12-10(11-5-3-7-19-11)8-9-4-1-2-6-16(9)12/h1-8H. The molecule has 3 heterocycles. The van der Waals surface area contributed by atoms with Gasteiger partial charge in [-0.2, -0.15) is 0 Å². The van der Waals surface area contributed by atoms with Gasteiger partial charge in [-0.3, -0.25) is 9.59 Å². The van der Waals surface area contributed by atoms with Crippen molar-refractivity contribution in [3.05, 3.63) is 53.7 Å². The minimum absolute atomic E-state index is 0.318. The monoisotopic (exact) mass is 289 g/mol. The van der Waals surface area contributed by atoms with Crippen molar-refractivity contribution >= 4 is 39.5 Å². The van der Waals surface area contributed by atoms with Crippen LogP contribution in [0.3, 0.4) is 0 Å². The molecule has 0 spiro atoms. The third kappa shape index (κ3) is 1.99. The highest BCUT2D eigenvalue weighted by Crippen LogP contribution is 2.31. The summed E-state index contributed by atoms with van der Waals surface area (Å²) in [6.45, 7) is 0. The van der Waals surface area contributed by atoms with E-state index in [0.29, 0.717) is 5.69 Å². The van der Waals surface area contributed by atoms with Crippen molar-refractivity contribution < 1.29 is 9.59 Å². The van der Waals surface area contributed by atoms with Gasteiger partial charge >= 0.3 is 0 Å². The van der Waals surface area contributed by atoms with E-state index in [1.165, 1.54) is 11.3 Å². The number of aromatic nitrogens is 1. The van der Waals surface area contributed by atoms with Gasteiger partial charge in [0.15, 0.2) is 0 Å². The molecular formula is C14H8ClNO2S. The quantitative estimate of drug-likeness (QED) is 0.420. The van der Waals surface area contributed by atoms with E-state index < -0.39 is 11.0 Å². The molecule has 0 unspecified atom stereocenters. The van der Waals surface area contributed by atoms with Gasteiger partial charge in [-0.1, -0.05) is 12.1 Å². The summed E-state index contributed by atoms with van der Waals surface area (Å²) in [7, 11) is 0. The van der Waals surface area contributed by atoms with E-state index in [1.54, 1.807) is 16.7 Å². The number of pyridine rings is 1. The lowest BCUT2D eigenvalue weighted by Crippen LogP contribution is -2.11. The van der Waals surface area contributed by atoms with Gasteiger partial charge in [0.05, 0.1) is 0 Å². The van der Waals surface area contributed by atoms with Gasteiger partial charge in [-0.25, -0.2) is 0 Å². The summed E-state index contributed by atoms with van der Waals surface area (Å²) < 4.78 is 1.69. The zero-order chi connectivity index (χ0) is 13.4. The Morgan fingerprint density at radius 1 is 1.16 bits per heavy atom. The molecule has 5 heteroatoms. The number of thiophene rings is 1. The van der Waals surface area contributed by atoms with Gasteiger partial charge in [0.1, 0.15) is 5.69 Å². The molecule has 0 aromatic carbocycles. The van der Waals surface area contributed by atoms with E-state index in [9.17, 15) is 9.59 Å². The fraction of sp³-hybridized carbons (Fsp3) is 0. The third-order valence-corrected chi connectivity index (χ3v) is 3.93. The highest BCUT2D eigenvalue weighted by atomic mass is 35.5. The molecule has 0 atom stereocenters. The summed E-state index contributed by atoms with van der Waals surface area (Å²) in [5.41, 5.74) is 1.91. The number of carbonyl (C=O) groups is 2. The molecule has 0 fully saturated rings. The van der Waals surface area contributed by atoms with Crippen LogP contribution < -0.4 is 0 Å². The molecule has 94 valence electrons. The maximum atomic E-state index is 12.0. The summed E-state index contributed by atoms with van der Waals surface area (Å²) >= 11 is 6.87. The fourth-order valence-corrected chi connectivity index (χ4v) is 2.90. The van der Waals surface area contributed by atoms with Crippen LogP contribution in [-0.4, -0.2) is 15.4 Å². The third-order valence-electron chi connectivity index (χ3n) is 2.86. The second-order valence-corrected chi connectivity index (χ2v) is 5.27. The Balaban J connectivity index is 2.35. The second-order valence-electron chi connectivity index (χ2n) is 3.98. The molecule has 3 aromatic rings. The minimum atomic E-state index is -0.971. The number of halogens is 1. The van der Waals surface area contributed by atoms with Gasteiger partial charge in [0.2, 0.25) is 0 Å². The predicted octanol–water partition coefficient (Wildman–Crippen LogP) is 3.62. The average molecular weight is 290 g/mol. The number of nitrogens with zero attached hydrogens (tertiary/aromatic N) is 1. The molecule has 3 rings (SSSR count). The number of hydrogen-bond donors (Lipinski definition) is 0. The van der Waals surface area contributed by atoms with Crippen LogP contribution in [0.1, 0.15) is 10.5 Å². The summed E-state index contributed by atoms with van der Waals surface area (Å²) in [6.07, 6.45) is 1.75. The predicted molar refractivity (Wildman–Crippen MR) is 75.9 cm³/mol. The van der Waals surface area contributed by atoms with Gasteiger partial charge < -0.3 is 4.40 Å². The Labute approximate surface area is 118 Å². The summed E-state index contributed by atoms with van der Waals surface area (Å²) in [6, 6.07) is 11.3. The molecule has 0 aliphatic carbocycles. The van der Waals surface area contributed by atoms with Gasteiger partial charge in [-0.15, -0.1) is 11.3 Å². The maximum absolute atomic E-state index is 12.0. The van der Waals surface area contributed by atoms with Crippen molar-refractivity contribution in [2.75, 3.05) is 0 Å². The highest BCUT2D eigenvalue weighted by molar-refractivity contribution is 7.13. The van der Waals surface area contributed by atoms with Gasteiger partial charge in [0, 0.05) is 22.2 Å². The van der Waals surface area contributed by atoms with E-state index in [4.69, 9.17) is 11.6 Å². The number of ketones is 1. The van der Waals surface area contributed by atoms with Crippen LogP contribution in [-0.2, 0) is 4.79 Å². The Hall–Kier alpha value is -1.91. The molecule has 0 N–H and O–H groups in total. The van der Waals surface area contributed by atoms with Gasteiger partial charge in [-0.05, 0) is 41.2 Å². The molecular weight excluding hydrogens is 282 g/mol. The SMILES string of the molecule is O=C(Cl)C(=O)c1c(-c2cccs2)cc2ccccn12. The van der Waals surface area contributed by atoms with E-state index in [-0.39, 0.29) is 0 Å². The molecule has 19 heavy (non-hydrogen) atoms. The Bertz CT molecular complexity index is 774. The molecule has 0 amide bonds. The molecule has 0 saturated heterocycles. The first-order valence-corrected chi connectivity index (χ1v) is 6.82. The molecule has 0 aliphatic heterocycles. The van der Waals surface area contributed by atoms with Crippen molar-refractivity contribution in [2.24, 2.45) is 0 Å². The van der Waals surface area contributed by atoms with Crippen molar-refractivity contribution in [3.63, 3.8) is 0 Å². The molecule has 0 saturated carbocycles. The largest absolute Gasteiger partial charge is 0.313 e. The van der Waals surface area contributed by atoms with Crippen molar-refractivity contribution in [2.45, 2.75) is 0 Å². The minimum Gasteiger partial charge on any atom is -0.313 e. The molecule has 3 nitrogen and oxygen atoms in total. The maximum Gasteiger partial charge on any atom is 0.294 e.